The summed E-state index contributed by atoms with van der Waals surface area (Å²) in [7, 11) is 0. The first-order valence-corrected chi connectivity index (χ1v) is 7.22. The maximum atomic E-state index is 14.0. The monoisotopic (exact) mass is 278 g/mol. The molecule has 1 heterocycles. The zero-order valence-electron chi connectivity index (χ0n) is 12.6. The van der Waals surface area contributed by atoms with Gasteiger partial charge in [0.15, 0.2) is 0 Å². The molecule has 0 saturated carbocycles. The third-order valence-corrected chi connectivity index (χ3v) is 3.63. The molecule has 0 spiro atoms. The van der Waals surface area contributed by atoms with E-state index in [1.807, 2.05) is 13.8 Å². The Kier molecular flexibility index (Phi) is 4.43. The van der Waals surface area contributed by atoms with Crippen LogP contribution in [0.5, 0.6) is 0 Å². The van der Waals surface area contributed by atoms with Crippen molar-refractivity contribution in [2.24, 2.45) is 11.8 Å². The molecule has 3 nitrogen and oxygen atoms in total. The molecule has 4 heteroatoms. The van der Waals surface area contributed by atoms with Gasteiger partial charge in [-0.1, -0.05) is 45.9 Å². The van der Waals surface area contributed by atoms with Gasteiger partial charge in [0.1, 0.15) is 12.0 Å². The van der Waals surface area contributed by atoms with Gasteiger partial charge in [0.2, 0.25) is 5.91 Å². The van der Waals surface area contributed by atoms with Crippen LogP contribution >= 0.6 is 0 Å². The van der Waals surface area contributed by atoms with Crippen LogP contribution in [0.25, 0.3) is 0 Å². The molecule has 2 rings (SSSR count). The number of carbonyl (C=O) groups is 1. The largest absolute Gasteiger partial charge is 0.321 e. The number of rotatable bonds is 4. The molecule has 2 atom stereocenters. The second kappa shape index (κ2) is 5.92. The number of benzene rings is 1. The Morgan fingerprint density at radius 3 is 2.45 bits per heavy atom. The first-order valence-electron chi connectivity index (χ1n) is 7.22. The van der Waals surface area contributed by atoms with Crippen LogP contribution < -0.4 is 5.32 Å². The molecule has 0 aliphatic carbocycles. The summed E-state index contributed by atoms with van der Waals surface area (Å²) in [6.45, 7) is 8.77. The van der Waals surface area contributed by atoms with Gasteiger partial charge in [-0.05, 0) is 17.9 Å². The van der Waals surface area contributed by atoms with Gasteiger partial charge >= 0.3 is 0 Å². The van der Waals surface area contributed by atoms with E-state index in [2.05, 4.69) is 19.2 Å². The summed E-state index contributed by atoms with van der Waals surface area (Å²) >= 11 is 0. The third kappa shape index (κ3) is 2.85. The van der Waals surface area contributed by atoms with E-state index in [1.165, 1.54) is 6.07 Å². The number of halogens is 1. The molecule has 1 amide bonds. The van der Waals surface area contributed by atoms with Crippen LogP contribution in [0.15, 0.2) is 24.3 Å². The molecule has 20 heavy (non-hydrogen) atoms. The molecule has 1 aliphatic rings. The summed E-state index contributed by atoms with van der Waals surface area (Å²) in [5, 5.41) is 3.29. The first kappa shape index (κ1) is 15.0. The fourth-order valence-corrected chi connectivity index (χ4v) is 2.66. The zero-order valence-corrected chi connectivity index (χ0v) is 12.6. The van der Waals surface area contributed by atoms with Gasteiger partial charge in [0, 0.05) is 12.1 Å². The van der Waals surface area contributed by atoms with Crippen LogP contribution in [-0.2, 0) is 4.79 Å². The summed E-state index contributed by atoms with van der Waals surface area (Å²) < 4.78 is 14.0. The van der Waals surface area contributed by atoms with Crippen molar-refractivity contribution in [2.75, 3.05) is 6.54 Å². The minimum absolute atomic E-state index is 0.0713. The quantitative estimate of drug-likeness (QED) is 0.918. The summed E-state index contributed by atoms with van der Waals surface area (Å²) in [5.74, 6) is 0.341. The lowest BCUT2D eigenvalue weighted by molar-refractivity contribution is -0.131. The summed E-state index contributed by atoms with van der Waals surface area (Å²) in [6.07, 6.45) is -0.363. The van der Waals surface area contributed by atoms with Crippen LogP contribution in [0.2, 0.25) is 0 Å². The van der Waals surface area contributed by atoms with E-state index >= 15 is 0 Å². The molecule has 0 aromatic heterocycles. The maximum absolute atomic E-state index is 14.0. The smallest absolute Gasteiger partial charge is 0.241 e. The molecular formula is C16H23FN2O. The Bertz CT molecular complexity index is 487. The Morgan fingerprint density at radius 2 is 1.90 bits per heavy atom. The molecule has 1 fully saturated rings. The van der Waals surface area contributed by atoms with Crippen LogP contribution in [0, 0.1) is 17.7 Å². The highest BCUT2D eigenvalue weighted by Crippen LogP contribution is 2.30. The Morgan fingerprint density at radius 1 is 1.25 bits per heavy atom. The van der Waals surface area contributed by atoms with E-state index in [0.29, 0.717) is 18.0 Å². The standard InChI is InChI=1S/C16H23FN2O/c1-10(2)9-19-15(12-7-5-6-8-13(12)17)18-14(11(3)4)16(19)20/h5-8,10-11,14-15,18H,9H2,1-4H3. The number of amides is 1. The SMILES string of the molecule is CC(C)CN1C(=O)C(C(C)C)NC1c1ccccc1F. The van der Waals surface area contributed by atoms with Crippen molar-refractivity contribution in [1.29, 1.82) is 0 Å². The van der Waals surface area contributed by atoms with Crippen molar-refractivity contribution < 1.29 is 9.18 Å². The molecule has 1 aromatic carbocycles. The van der Waals surface area contributed by atoms with Crippen molar-refractivity contribution in [2.45, 2.75) is 39.9 Å². The third-order valence-electron chi connectivity index (χ3n) is 3.63. The predicted molar refractivity (Wildman–Crippen MR) is 77.5 cm³/mol. The van der Waals surface area contributed by atoms with Gasteiger partial charge in [-0.3, -0.25) is 10.1 Å². The van der Waals surface area contributed by atoms with E-state index in [4.69, 9.17) is 0 Å². The normalized spacial score (nSPS) is 23.1. The Hall–Kier alpha value is -1.42. The predicted octanol–water partition coefficient (Wildman–Crippen LogP) is 2.94. The lowest BCUT2D eigenvalue weighted by Crippen LogP contribution is -2.36. The molecule has 0 bridgehead atoms. The molecule has 0 radical (unpaired) electrons. The van der Waals surface area contributed by atoms with E-state index in [1.54, 1.807) is 23.1 Å². The number of nitrogens with one attached hydrogen (secondary N) is 1. The molecule has 1 saturated heterocycles. The fourth-order valence-electron chi connectivity index (χ4n) is 2.66. The van der Waals surface area contributed by atoms with Crippen molar-refractivity contribution in [1.82, 2.24) is 10.2 Å². The average Bonchev–Trinajstić information content (AvgIpc) is 2.67. The van der Waals surface area contributed by atoms with E-state index in [0.717, 1.165) is 0 Å². The van der Waals surface area contributed by atoms with Crippen molar-refractivity contribution in [3.05, 3.63) is 35.6 Å². The highest BCUT2D eigenvalue weighted by atomic mass is 19.1. The highest BCUT2D eigenvalue weighted by molar-refractivity contribution is 5.84. The number of hydrogen-bond acceptors (Lipinski definition) is 2. The minimum Gasteiger partial charge on any atom is -0.321 e. The Balaban J connectivity index is 2.34. The summed E-state index contributed by atoms with van der Waals surface area (Å²) in [6, 6.07) is 6.43. The second-order valence-corrected chi connectivity index (χ2v) is 6.20. The molecule has 110 valence electrons. The van der Waals surface area contributed by atoms with Gasteiger partial charge in [-0.25, -0.2) is 4.39 Å². The lowest BCUT2D eigenvalue weighted by Gasteiger charge is -2.26. The lowest BCUT2D eigenvalue weighted by atomic mass is 10.0. The molecular weight excluding hydrogens is 255 g/mol. The topological polar surface area (TPSA) is 32.3 Å². The molecule has 1 aliphatic heterocycles. The van der Waals surface area contributed by atoms with Gasteiger partial charge < -0.3 is 4.90 Å². The average molecular weight is 278 g/mol. The van der Waals surface area contributed by atoms with Crippen molar-refractivity contribution in [3.8, 4) is 0 Å². The van der Waals surface area contributed by atoms with Crippen LogP contribution in [-0.4, -0.2) is 23.4 Å². The van der Waals surface area contributed by atoms with Crippen molar-refractivity contribution >= 4 is 5.91 Å². The van der Waals surface area contributed by atoms with Crippen LogP contribution in [0.3, 0.4) is 0 Å². The molecule has 1 N–H and O–H groups in total. The van der Waals surface area contributed by atoms with E-state index in [-0.39, 0.29) is 29.8 Å². The van der Waals surface area contributed by atoms with E-state index < -0.39 is 0 Å². The second-order valence-electron chi connectivity index (χ2n) is 6.20. The van der Waals surface area contributed by atoms with E-state index in [9.17, 15) is 9.18 Å². The van der Waals surface area contributed by atoms with Gasteiger partial charge in [-0.15, -0.1) is 0 Å². The Labute approximate surface area is 120 Å². The van der Waals surface area contributed by atoms with Gasteiger partial charge in [0.05, 0.1) is 6.04 Å². The fraction of sp³-hybridized carbons (Fsp3) is 0.562. The number of nitrogens with zero attached hydrogens (tertiary/aromatic N) is 1. The minimum atomic E-state index is -0.363. The maximum Gasteiger partial charge on any atom is 0.241 e. The first-order chi connectivity index (χ1) is 9.41. The highest BCUT2D eigenvalue weighted by Gasteiger charge is 2.41. The summed E-state index contributed by atoms with van der Waals surface area (Å²) in [5.41, 5.74) is 0.546. The molecule has 1 aromatic rings. The summed E-state index contributed by atoms with van der Waals surface area (Å²) in [4.78, 5) is 14.3. The molecule has 2 unspecified atom stereocenters. The number of carbonyl (C=O) groups excluding carboxylic acids is 1. The van der Waals surface area contributed by atoms with Gasteiger partial charge in [0.25, 0.3) is 0 Å². The number of hydrogen-bond donors (Lipinski definition) is 1. The zero-order chi connectivity index (χ0) is 14.9. The van der Waals surface area contributed by atoms with Crippen LogP contribution in [0.1, 0.15) is 39.4 Å². The van der Waals surface area contributed by atoms with Crippen LogP contribution in [0.4, 0.5) is 4.39 Å². The van der Waals surface area contributed by atoms with Gasteiger partial charge in [-0.2, -0.15) is 0 Å². The van der Waals surface area contributed by atoms with Crippen molar-refractivity contribution in [3.63, 3.8) is 0 Å².